The third-order valence-electron chi connectivity index (χ3n) is 2.06. The molecule has 2 rings (SSSR count). The Labute approximate surface area is 71.7 Å². The lowest BCUT2D eigenvalue weighted by atomic mass is 10.3. The van der Waals surface area contributed by atoms with Gasteiger partial charge in [0, 0.05) is 6.54 Å². The van der Waals surface area contributed by atoms with Crippen LogP contribution < -0.4 is 5.32 Å². The topological polar surface area (TPSA) is 34.4 Å². The fraction of sp³-hybridized carbons (Fsp3) is 0.556. The van der Waals surface area contributed by atoms with Gasteiger partial charge in [-0.2, -0.15) is 0 Å². The molecule has 0 aromatic carbocycles. The summed E-state index contributed by atoms with van der Waals surface area (Å²) in [5.74, 6) is 0.905. The van der Waals surface area contributed by atoms with E-state index in [9.17, 15) is 0 Å². The van der Waals surface area contributed by atoms with Crippen LogP contribution in [0.15, 0.2) is 22.8 Å². The van der Waals surface area contributed by atoms with E-state index in [1.807, 2.05) is 12.1 Å². The second kappa shape index (κ2) is 3.74. The zero-order valence-electron chi connectivity index (χ0n) is 6.95. The van der Waals surface area contributed by atoms with Crippen LogP contribution in [0.3, 0.4) is 0 Å². The number of ether oxygens (including phenoxy) is 1. The molecule has 1 N–H and O–H groups in total. The van der Waals surface area contributed by atoms with Crippen LogP contribution in [0.1, 0.15) is 12.2 Å². The van der Waals surface area contributed by atoms with Gasteiger partial charge in [-0.25, -0.2) is 0 Å². The molecule has 0 bridgehead atoms. The van der Waals surface area contributed by atoms with Crippen molar-refractivity contribution in [3.05, 3.63) is 24.2 Å². The molecular formula is C9H13NO2. The number of nitrogens with one attached hydrogen (secondary N) is 1. The molecule has 1 saturated heterocycles. The molecular weight excluding hydrogens is 154 g/mol. The van der Waals surface area contributed by atoms with Gasteiger partial charge in [0.1, 0.15) is 12.4 Å². The maximum Gasteiger partial charge on any atom is 0.129 e. The molecule has 12 heavy (non-hydrogen) atoms. The molecule has 0 aliphatic carbocycles. The molecule has 0 radical (unpaired) electrons. The summed E-state index contributed by atoms with van der Waals surface area (Å²) in [4.78, 5) is 0. The largest absolute Gasteiger partial charge is 0.467 e. The minimum absolute atomic E-state index is 0.370. The van der Waals surface area contributed by atoms with Gasteiger partial charge in [-0.05, 0) is 25.1 Å². The molecule has 1 aromatic heterocycles. The highest BCUT2D eigenvalue weighted by molar-refractivity contribution is 4.96. The van der Waals surface area contributed by atoms with Gasteiger partial charge < -0.3 is 14.5 Å². The number of hydrogen-bond acceptors (Lipinski definition) is 3. The highest BCUT2D eigenvalue weighted by Gasteiger charge is 2.14. The fourth-order valence-electron chi connectivity index (χ4n) is 1.37. The van der Waals surface area contributed by atoms with Crippen molar-refractivity contribution in [2.75, 3.05) is 13.1 Å². The molecule has 3 heteroatoms. The third kappa shape index (κ3) is 1.87. The normalized spacial score (nSPS) is 23.2. The van der Waals surface area contributed by atoms with E-state index in [0.717, 1.165) is 25.3 Å². The molecule has 3 nitrogen and oxygen atoms in total. The predicted octanol–water partition coefficient (Wildman–Crippen LogP) is 1.16. The molecule has 66 valence electrons. The Bertz CT molecular complexity index is 214. The lowest BCUT2D eigenvalue weighted by Gasteiger charge is -2.07. The average Bonchev–Trinajstić information content (AvgIpc) is 2.74. The van der Waals surface area contributed by atoms with E-state index in [2.05, 4.69) is 5.32 Å². The lowest BCUT2D eigenvalue weighted by Crippen LogP contribution is -2.16. The van der Waals surface area contributed by atoms with Crippen LogP contribution in [0.5, 0.6) is 0 Å². The van der Waals surface area contributed by atoms with E-state index in [1.54, 1.807) is 6.26 Å². The van der Waals surface area contributed by atoms with Crippen molar-refractivity contribution in [3.8, 4) is 0 Å². The third-order valence-corrected chi connectivity index (χ3v) is 2.06. The van der Waals surface area contributed by atoms with E-state index in [1.165, 1.54) is 0 Å². The molecule has 1 aliphatic heterocycles. The van der Waals surface area contributed by atoms with Crippen LogP contribution >= 0.6 is 0 Å². The SMILES string of the molecule is c1coc(COC2CCNC2)c1. The molecule has 1 unspecified atom stereocenters. The zero-order valence-corrected chi connectivity index (χ0v) is 6.95. The summed E-state index contributed by atoms with van der Waals surface area (Å²) >= 11 is 0. The van der Waals surface area contributed by atoms with Gasteiger partial charge >= 0.3 is 0 Å². The second-order valence-corrected chi connectivity index (χ2v) is 3.01. The van der Waals surface area contributed by atoms with E-state index in [0.29, 0.717) is 12.7 Å². The number of rotatable bonds is 3. The molecule has 1 atom stereocenters. The monoisotopic (exact) mass is 167 g/mol. The summed E-state index contributed by atoms with van der Waals surface area (Å²) in [6.07, 6.45) is 3.15. The van der Waals surface area contributed by atoms with Crippen LogP contribution in [-0.2, 0) is 11.3 Å². The Balaban J connectivity index is 1.74. The Morgan fingerprint density at radius 3 is 3.33 bits per heavy atom. The van der Waals surface area contributed by atoms with Gasteiger partial charge in [-0.1, -0.05) is 0 Å². The molecule has 0 spiro atoms. The Morgan fingerprint density at radius 1 is 1.67 bits per heavy atom. The molecule has 2 heterocycles. The lowest BCUT2D eigenvalue weighted by molar-refractivity contribution is 0.0438. The fourth-order valence-corrected chi connectivity index (χ4v) is 1.37. The highest BCUT2D eigenvalue weighted by atomic mass is 16.5. The van der Waals surface area contributed by atoms with Crippen LogP contribution in [0, 0.1) is 0 Å². The standard InChI is InChI=1S/C9H13NO2/c1-2-9(11-5-1)7-12-8-3-4-10-6-8/h1-2,5,8,10H,3-4,6-7H2. The minimum atomic E-state index is 0.370. The maximum absolute atomic E-state index is 5.59. The summed E-state index contributed by atoms with van der Waals surface area (Å²) in [6, 6.07) is 3.81. The summed E-state index contributed by atoms with van der Waals surface area (Å²) in [5, 5.41) is 3.25. The summed E-state index contributed by atoms with van der Waals surface area (Å²) in [5.41, 5.74) is 0. The molecule has 0 saturated carbocycles. The Kier molecular flexibility index (Phi) is 2.44. The van der Waals surface area contributed by atoms with E-state index in [4.69, 9.17) is 9.15 Å². The van der Waals surface area contributed by atoms with Gasteiger partial charge in [0.05, 0.1) is 12.4 Å². The summed E-state index contributed by atoms with van der Waals surface area (Å²) in [6.45, 7) is 2.64. The molecule has 1 aliphatic rings. The van der Waals surface area contributed by atoms with Crippen molar-refractivity contribution in [2.45, 2.75) is 19.1 Å². The zero-order chi connectivity index (χ0) is 8.23. The second-order valence-electron chi connectivity index (χ2n) is 3.01. The van der Waals surface area contributed by atoms with E-state index < -0.39 is 0 Å². The van der Waals surface area contributed by atoms with Crippen molar-refractivity contribution >= 4 is 0 Å². The first kappa shape index (κ1) is 7.83. The number of furan rings is 1. The smallest absolute Gasteiger partial charge is 0.129 e. The van der Waals surface area contributed by atoms with Crippen LogP contribution in [0.25, 0.3) is 0 Å². The first-order valence-corrected chi connectivity index (χ1v) is 4.30. The predicted molar refractivity (Wildman–Crippen MR) is 44.8 cm³/mol. The van der Waals surface area contributed by atoms with Crippen LogP contribution in [-0.4, -0.2) is 19.2 Å². The first-order valence-electron chi connectivity index (χ1n) is 4.30. The van der Waals surface area contributed by atoms with Crippen LogP contribution in [0.4, 0.5) is 0 Å². The molecule has 0 amide bonds. The van der Waals surface area contributed by atoms with Crippen molar-refractivity contribution in [3.63, 3.8) is 0 Å². The summed E-state index contributed by atoms with van der Waals surface area (Å²) < 4.78 is 10.7. The van der Waals surface area contributed by atoms with Crippen molar-refractivity contribution in [1.82, 2.24) is 5.32 Å². The van der Waals surface area contributed by atoms with Crippen LogP contribution in [0.2, 0.25) is 0 Å². The number of hydrogen-bond donors (Lipinski definition) is 1. The minimum Gasteiger partial charge on any atom is -0.467 e. The highest BCUT2D eigenvalue weighted by Crippen LogP contribution is 2.08. The summed E-state index contributed by atoms with van der Waals surface area (Å²) in [7, 11) is 0. The first-order chi connectivity index (χ1) is 5.95. The Morgan fingerprint density at radius 2 is 2.67 bits per heavy atom. The Hall–Kier alpha value is -0.800. The van der Waals surface area contributed by atoms with E-state index in [-0.39, 0.29) is 0 Å². The quantitative estimate of drug-likeness (QED) is 0.733. The average molecular weight is 167 g/mol. The van der Waals surface area contributed by atoms with Gasteiger partial charge in [0.2, 0.25) is 0 Å². The van der Waals surface area contributed by atoms with E-state index >= 15 is 0 Å². The van der Waals surface area contributed by atoms with Gasteiger partial charge in [-0.3, -0.25) is 0 Å². The molecule has 1 fully saturated rings. The molecule has 1 aromatic rings. The van der Waals surface area contributed by atoms with Gasteiger partial charge in [0.25, 0.3) is 0 Å². The van der Waals surface area contributed by atoms with Gasteiger partial charge in [-0.15, -0.1) is 0 Å². The maximum atomic E-state index is 5.59. The van der Waals surface area contributed by atoms with Crippen molar-refractivity contribution < 1.29 is 9.15 Å². The van der Waals surface area contributed by atoms with Crippen molar-refractivity contribution in [1.29, 1.82) is 0 Å². The van der Waals surface area contributed by atoms with Crippen molar-refractivity contribution in [2.24, 2.45) is 0 Å². The van der Waals surface area contributed by atoms with Gasteiger partial charge in [0.15, 0.2) is 0 Å².